The van der Waals surface area contributed by atoms with Gasteiger partial charge in [-0.3, -0.25) is 4.79 Å². The Morgan fingerprint density at radius 1 is 1.15 bits per heavy atom. The molecule has 0 radical (unpaired) electrons. The van der Waals surface area contributed by atoms with Crippen molar-refractivity contribution >= 4 is 5.91 Å². The number of hydrogen-bond donors (Lipinski definition) is 1. The van der Waals surface area contributed by atoms with Crippen molar-refractivity contribution in [2.45, 2.75) is 25.4 Å². The van der Waals surface area contributed by atoms with Gasteiger partial charge < -0.3 is 19.5 Å². The van der Waals surface area contributed by atoms with Crippen molar-refractivity contribution in [3.8, 4) is 22.6 Å². The van der Waals surface area contributed by atoms with E-state index < -0.39 is 0 Å². The van der Waals surface area contributed by atoms with Gasteiger partial charge in [-0.05, 0) is 55.2 Å². The number of amides is 1. The molecule has 1 heterocycles. The van der Waals surface area contributed by atoms with Crippen LogP contribution < -0.4 is 14.8 Å². The third-order valence-electron chi connectivity index (χ3n) is 4.61. The molecular weight excluding hydrogens is 330 g/mol. The summed E-state index contributed by atoms with van der Waals surface area (Å²) in [6.45, 7) is 1.33. The van der Waals surface area contributed by atoms with E-state index in [9.17, 15) is 4.79 Å². The van der Waals surface area contributed by atoms with Crippen LogP contribution in [0.15, 0.2) is 42.5 Å². The van der Waals surface area contributed by atoms with E-state index in [1.54, 1.807) is 14.2 Å². The minimum atomic E-state index is -0.0945. The number of methoxy groups -OCH3 is 2. The molecule has 1 unspecified atom stereocenters. The van der Waals surface area contributed by atoms with Crippen LogP contribution in [0.5, 0.6) is 11.5 Å². The van der Waals surface area contributed by atoms with Crippen molar-refractivity contribution in [2.24, 2.45) is 0 Å². The lowest BCUT2D eigenvalue weighted by atomic mass is 10.0. The average molecular weight is 355 g/mol. The molecule has 3 rings (SSSR count). The van der Waals surface area contributed by atoms with Crippen molar-refractivity contribution < 1.29 is 19.0 Å². The van der Waals surface area contributed by atoms with E-state index in [-0.39, 0.29) is 12.0 Å². The molecule has 0 aliphatic carbocycles. The van der Waals surface area contributed by atoms with Crippen LogP contribution in [0.25, 0.3) is 11.1 Å². The maximum atomic E-state index is 12.5. The van der Waals surface area contributed by atoms with Gasteiger partial charge in [0, 0.05) is 24.3 Å². The Morgan fingerprint density at radius 3 is 2.77 bits per heavy atom. The van der Waals surface area contributed by atoms with Gasteiger partial charge >= 0.3 is 0 Å². The molecule has 5 heteroatoms. The molecule has 1 saturated heterocycles. The van der Waals surface area contributed by atoms with Gasteiger partial charge in [-0.1, -0.05) is 12.1 Å². The number of hydrogen-bond acceptors (Lipinski definition) is 4. The molecule has 0 bridgehead atoms. The van der Waals surface area contributed by atoms with Crippen LogP contribution >= 0.6 is 0 Å². The average Bonchev–Trinajstić information content (AvgIpc) is 2.72. The molecule has 1 aliphatic heterocycles. The van der Waals surface area contributed by atoms with Crippen LogP contribution in [-0.4, -0.2) is 39.4 Å². The summed E-state index contributed by atoms with van der Waals surface area (Å²) >= 11 is 0. The molecule has 138 valence electrons. The Labute approximate surface area is 154 Å². The Hall–Kier alpha value is -2.53. The predicted octanol–water partition coefficient (Wildman–Crippen LogP) is 3.67. The minimum absolute atomic E-state index is 0.0945. The van der Waals surface area contributed by atoms with Crippen LogP contribution in [0, 0.1) is 0 Å². The largest absolute Gasteiger partial charge is 0.497 e. The van der Waals surface area contributed by atoms with Crippen molar-refractivity contribution in [3.05, 3.63) is 48.0 Å². The monoisotopic (exact) mass is 355 g/mol. The molecule has 1 aliphatic rings. The van der Waals surface area contributed by atoms with Crippen LogP contribution in [0.4, 0.5) is 0 Å². The van der Waals surface area contributed by atoms with Gasteiger partial charge in [0.05, 0.1) is 20.3 Å². The smallest absolute Gasteiger partial charge is 0.251 e. The zero-order valence-electron chi connectivity index (χ0n) is 15.3. The summed E-state index contributed by atoms with van der Waals surface area (Å²) in [5, 5.41) is 2.98. The lowest BCUT2D eigenvalue weighted by molar-refractivity contribution is 0.0169. The Balaban J connectivity index is 1.76. The molecule has 0 aromatic heterocycles. The second-order valence-corrected chi connectivity index (χ2v) is 6.35. The highest BCUT2D eigenvalue weighted by atomic mass is 16.5. The van der Waals surface area contributed by atoms with E-state index in [1.165, 1.54) is 0 Å². The number of carbonyl (C=O) groups is 1. The molecule has 0 saturated carbocycles. The third-order valence-corrected chi connectivity index (χ3v) is 4.61. The summed E-state index contributed by atoms with van der Waals surface area (Å²) in [6.07, 6.45) is 3.39. The summed E-state index contributed by atoms with van der Waals surface area (Å²) < 4.78 is 16.4. The van der Waals surface area contributed by atoms with Crippen molar-refractivity contribution in [1.82, 2.24) is 5.32 Å². The van der Waals surface area contributed by atoms with Crippen LogP contribution in [0.1, 0.15) is 29.6 Å². The number of nitrogens with one attached hydrogen (secondary N) is 1. The molecule has 0 spiro atoms. The predicted molar refractivity (Wildman–Crippen MR) is 101 cm³/mol. The summed E-state index contributed by atoms with van der Waals surface area (Å²) in [7, 11) is 3.26. The van der Waals surface area contributed by atoms with Crippen LogP contribution in [0.2, 0.25) is 0 Å². The minimum Gasteiger partial charge on any atom is -0.497 e. The van der Waals surface area contributed by atoms with Gasteiger partial charge in [0.15, 0.2) is 0 Å². The van der Waals surface area contributed by atoms with Gasteiger partial charge in [-0.2, -0.15) is 0 Å². The SMILES string of the molecule is COc1ccc(OC)c(-c2cccc(C(=O)NCC3CCCCO3)c2)c1. The first-order chi connectivity index (χ1) is 12.7. The fraction of sp³-hybridized carbons (Fsp3) is 0.381. The molecule has 5 nitrogen and oxygen atoms in total. The second-order valence-electron chi connectivity index (χ2n) is 6.35. The van der Waals surface area contributed by atoms with Gasteiger partial charge in [-0.15, -0.1) is 0 Å². The summed E-state index contributed by atoms with van der Waals surface area (Å²) in [4.78, 5) is 12.5. The van der Waals surface area contributed by atoms with Gasteiger partial charge in [-0.25, -0.2) is 0 Å². The summed E-state index contributed by atoms with van der Waals surface area (Å²) in [5.41, 5.74) is 2.41. The lowest BCUT2D eigenvalue weighted by Crippen LogP contribution is -2.35. The molecule has 2 aromatic rings. The normalized spacial score (nSPS) is 16.8. The zero-order chi connectivity index (χ0) is 18.4. The fourth-order valence-corrected chi connectivity index (χ4v) is 3.14. The molecule has 26 heavy (non-hydrogen) atoms. The molecule has 1 amide bonds. The highest BCUT2D eigenvalue weighted by Crippen LogP contribution is 2.33. The third kappa shape index (κ3) is 4.35. The van der Waals surface area contributed by atoms with E-state index in [4.69, 9.17) is 14.2 Å². The first-order valence-corrected chi connectivity index (χ1v) is 8.93. The van der Waals surface area contributed by atoms with Crippen molar-refractivity contribution in [3.63, 3.8) is 0 Å². The van der Waals surface area contributed by atoms with E-state index >= 15 is 0 Å². The lowest BCUT2D eigenvalue weighted by Gasteiger charge is -2.22. The van der Waals surface area contributed by atoms with E-state index in [0.29, 0.717) is 12.1 Å². The number of ether oxygens (including phenoxy) is 3. The zero-order valence-corrected chi connectivity index (χ0v) is 15.3. The maximum absolute atomic E-state index is 12.5. The summed E-state index contributed by atoms with van der Waals surface area (Å²) in [5.74, 6) is 1.38. The number of benzene rings is 2. The number of rotatable bonds is 6. The van der Waals surface area contributed by atoms with Gasteiger partial charge in [0.25, 0.3) is 5.91 Å². The van der Waals surface area contributed by atoms with Crippen molar-refractivity contribution in [2.75, 3.05) is 27.4 Å². The fourth-order valence-electron chi connectivity index (χ4n) is 3.14. The second kappa shape index (κ2) is 8.72. The Morgan fingerprint density at radius 2 is 2.04 bits per heavy atom. The van der Waals surface area contributed by atoms with Crippen LogP contribution in [-0.2, 0) is 4.74 Å². The first-order valence-electron chi connectivity index (χ1n) is 8.93. The van der Waals surface area contributed by atoms with Gasteiger partial charge in [0.1, 0.15) is 11.5 Å². The van der Waals surface area contributed by atoms with E-state index in [1.807, 2.05) is 42.5 Å². The van der Waals surface area contributed by atoms with E-state index in [2.05, 4.69) is 5.32 Å². The van der Waals surface area contributed by atoms with Gasteiger partial charge in [0.2, 0.25) is 0 Å². The quantitative estimate of drug-likeness (QED) is 0.859. The number of carbonyl (C=O) groups excluding carboxylic acids is 1. The molecule has 1 atom stereocenters. The van der Waals surface area contributed by atoms with E-state index in [0.717, 1.165) is 48.5 Å². The molecule has 1 fully saturated rings. The Kier molecular flexibility index (Phi) is 6.12. The Bertz CT molecular complexity index is 753. The molecule has 2 aromatic carbocycles. The summed E-state index contributed by atoms with van der Waals surface area (Å²) in [6, 6.07) is 13.1. The molecule has 1 N–H and O–H groups in total. The topological polar surface area (TPSA) is 56.8 Å². The van der Waals surface area contributed by atoms with Crippen LogP contribution in [0.3, 0.4) is 0 Å². The highest BCUT2D eigenvalue weighted by Gasteiger charge is 2.16. The maximum Gasteiger partial charge on any atom is 0.251 e. The standard InChI is InChI=1S/C21H25NO4/c1-24-17-9-10-20(25-2)19(13-17)15-6-5-7-16(12-15)21(23)22-14-18-8-3-4-11-26-18/h5-7,9-10,12-13,18H,3-4,8,11,14H2,1-2H3,(H,22,23). The first kappa shape index (κ1) is 18.3. The molecular formula is C21H25NO4. The van der Waals surface area contributed by atoms with Crippen molar-refractivity contribution in [1.29, 1.82) is 0 Å². The highest BCUT2D eigenvalue weighted by molar-refractivity contribution is 5.95.